The van der Waals surface area contributed by atoms with E-state index in [4.69, 9.17) is 4.74 Å². The number of hydrogen-bond acceptors (Lipinski definition) is 5. The third-order valence-corrected chi connectivity index (χ3v) is 6.04. The minimum absolute atomic E-state index is 0.116. The molecule has 7 nitrogen and oxygen atoms in total. The van der Waals surface area contributed by atoms with Gasteiger partial charge in [-0.1, -0.05) is 25.0 Å². The Labute approximate surface area is 165 Å². The van der Waals surface area contributed by atoms with Gasteiger partial charge in [0, 0.05) is 18.6 Å². The molecule has 28 heavy (non-hydrogen) atoms. The lowest BCUT2D eigenvalue weighted by Gasteiger charge is -2.28. The van der Waals surface area contributed by atoms with Crippen LogP contribution in [0.4, 0.5) is 4.79 Å². The number of rotatable bonds is 6. The molecule has 1 aromatic carbocycles. The average molecular weight is 385 g/mol. The van der Waals surface area contributed by atoms with Gasteiger partial charge in [0.1, 0.15) is 5.75 Å². The highest BCUT2D eigenvalue weighted by Crippen LogP contribution is 2.34. The minimum Gasteiger partial charge on any atom is -0.494 e. The second-order valence-corrected chi connectivity index (χ2v) is 7.74. The van der Waals surface area contributed by atoms with Crippen LogP contribution in [0.5, 0.6) is 5.75 Å². The maximum Gasteiger partial charge on any atom is 0.335 e. The zero-order valence-electron chi connectivity index (χ0n) is 16.3. The Morgan fingerprint density at radius 2 is 1.68 bits per heavy atom. The Morgan fingerprint density at radius 1 is 0.964 bits per heavy atom. The van der Waals surface area contributed by atoms with Gasteiger partial charge in [-0.3, -0.25) is 19.4 Å². The van der Waals surface area contributed by atoms with Crippen molar-refractivity contribution in [1.82, 2.24) is 14.7 Å². The molecule has 7 heteroatoms. The van der Waals surface area contributed by atoms with E-state index >= 15 is 0 Å². The fraction of sp³-hybridized carbons (Fsp3) is 0.571. The first kappa shape index (κ1) is 18.9. The van der Waals surface area contributed by atoms with Crippen LogP contribution in [0.2, 0.25) is 0 Å². The van der Waals surface area contributed by atoms with Gasteiger partial charge < -0.3 is 4.74 Å². The highest BCUT2D eigenvalue weighted by Gasteiger charge is 2.49. The number of carbonyl (C=O) groups is 3. The third kappa shape index (κ3) is 3.39. The molecule has 2 heterocycles. The molecule has 0 aromatic heterocycles. The summed E-state index contributed by atoms with van der Waals surface area (Å²) in [6.07, 6.45) is 5.57. The summed E-state index contributed by atoms with van der Waals surface area (Å²) in [5.41, 5.74) is 1.14. The first-order valence-electron chi connectivity index (χ1n) is 10.3. The van der Waals surface area contributed by atoms with Crippen LogP contribution in [0, 0.1) is 0 Å². The van der Waals surface area contributed by atoms with Crippen LogP contribution in [0.15, 0.2) is 24.3 Å². The number of imide groups is 2. The number of benzene rings is 1. The Bertz CT molecular complexity index is 757. The van der Waals surface area contributed by atoms with Crippen molar-refractivity contribution in [3.8, 4) is 5.75 Å². The van der Waals surface area contributed by atoms with E-state index in [0.717, 1.165) is 61.3 Å². The smallest absolute Gasteiger partial charge is 0.335 e. The van der Waals surface area contributed by atoms with E-state index in [1.165, 1.54) is 4.90 Å². The van der Waals surface area contributed by atoms with Gasteiger partial charge in [0.25, 0.3) is 0 Å². The summed E-state index contributed by atoms with van der Waals surface area (Å²) in [5.74, 6) is -0.513. The van der Waals surface area contributed by atoms with Gasteiger partial charge in [0.05, 0.1) is 13.3 Å². The molecule has 1 saturated carbocycles. The standard InChI is InChI=1S/C21H27N3O4/c1-2-28-17-11-9-15(10-12-17)18-8-5-13-22(18)14-23-19(25)20(26)24(21(23)27)16-6-3-4-7-16/h9-12,16,18H,2-8,13-14H2,1H3/t18-/m0/s1. The Kier molecular flexibility index (Phi) is 5.35. The molecule has 1 aromatic rings. The maximum absolute atomic E-state index is 12.8. The third-order valence-electron chi connectivity index (χ3n) is 6.04. The van der Waals surface area contributed by atoms with Crippen LogP contribution in [0.25, 0.3) is 0 Å². The highest BCUT2D eigenvalue weighted by atomic mass is 16.5. The van der Waals surface area contributed by atoms with E-state index in [-0.39, 0.29) is 18.8 Å². The second kappa shape index (κ2) is 7.91. The van der Waals surface area contributed by atoms with Crippen LogP contribution in [0.3, 0.4) is 0 Å². The number of amides is 4. The summed E-state index contributed by atoms with van der Waals surface area (Å²) in [7, 11) is 0. The van der Waals surface area contributed by atoms with Crippen molar-refractivity contribution in [3.63, 3.8) is 0 Å². The van der Waals surface area contributed by atoms with Crippen molar-refractivity contribution in [2.75, 3.05) is 19.8 Å². The van der Waals surface area contributed by atoms with E-state index < -0.39 is 17.8 Å². The monoisotopic (exact) mass is 385 g/mol. The van der Waals surface area contributed by atoms with Crippen molar-refractivity contribution >= 4 is 17.8 Å². The topological polar surface area (TPSA) is 70.2 Å². The molecule has 3 aliphatic rings. The second-order valence-electron chi connectivity index (χ2n) is 7.74. The van der Waals surface area contributed by atoms with E-state index in [9.17, 15) is 14.4 Å². The molecule has 1 aliphatic carbocycles. The van der Waals surface area contributed by atoms with Crippen LogP contribution in [-0.2, 0) is 9.59 Å². The van der Waals surface area contributed by atoms with E-state index in [1.807, 2.05) is 31.2 Å². The molecule has 0 bridgehead atoms. The molecule has 4 amide bonds. The summed E-state index contributed by atoms with van der Waals surface area (Å²) in [4.78, 5) is 42.2. The molecule has 0 spiro atoms. The van der Waals surface area contributed by atoms with E-state index in [1.54, 1.807) is 0 Å². The minimum atomic E-state index is -0.686. The van der Waals surface area contributed by atoms with Gasteiger partial charge in [-0.15, -0.1) is 0 Å². The Morgan fingerprint density at radius 3 is 2.36 bits per heavy atom. The maximum atomic E-state index is 12.8. The van der Waals surface area contributed by atoms with Crippen molar-refractivity contribution in [2.45, 2.75) is 57.5 Å². The predicted octanol–water partition coefficient (Wildman–Crippen LogP) is 2.91. The number of hydrogen-bond donors (Lipinski definition) is 0. The van der Waals surface area contributed by atoms with Gasteiger partial charge in [-0.2, -0.15) is 0 Å². The number of nitrogens with zero attached hydrogens (tertiary/aromatic N) is 3. The number of ether oxygens (including phenoxy) is 1. The van der Waals surface area contributed by atoms with Gasteiger partial charge in [-0.05, 0) is 50.3 Å². The Hall–Kier alpha value is -2.41. The van der Waals surface area contributed by atoms with Gasteiger partial charge in [0.15, 0.2) is 0 Å². The summed E-state index contributed by atoms with van der Waals surface area (Å²) < 4.78 is 5.50. The summed E-state index contributed by atoms with van der Waals surface area (Å²) in [5, 5.41) is 0. The molecule has 0 N–H and O–H groups in total. The number of urea groups is 1. The van der Waals surface area contributed by atoms with Gasteiger partial charge in [-0.25, -0.2) is 9.69 Å². The molecule has 2 aliphatic heterocycles. The molecule has 1 atom stereocenters. The van der Waals surface area contributed by atoms with E-state index in [2.05, 4.69) is 4.90 Å². The van der Waals surface area contributed by atoms with Gasteiger partial charge in [0.2, 0.25) is 0 Å². The zero-order valence-corrected chi connectivity index (χ0v) is 16.3. The largest absolute Gasteiger partial charge is 0.494 e. The van der Waals surface area contributed by atoms with Crippen LogP contribution < -0.4 is 4.74 Å². The molecular weight excluding hydrogens is 358 g/mol. The van der Waals surface area contributed by atoms with Crippen molar-refractivity contribution in [2.24, 2.45) is 0 Å². The van der Waals surface area contributed by atoms with Crippen molar-refractivity contribution in [1.29, 1.82) is 0 Å². The first-order chi connectivity index (χ1) is 13.6. The zero-order chi connectivity index (χ0) is 19.7. The fourth-order valence-corrected chi connectivity index (χ4v) is 4.64. The molecule has 2 saturated heterocycles. The molecule has 3 fully saturated rings. The lowest BCUT2D eigenvalue weighted by molar-refractivity contribution is -0.144. The SMILES string of the molecule is CCOc1ccc([C@@H]2CCCN2CN2C(=O)C(=O)N(C3CCCC3)C2=O)cc1. The van der Waals surface area contributed by atoms with Crippen LogP contribution in [-0.4, -0.2) is 58.4 Å². The quantitative estimate of drug-likeness (QED) is 0.556. The average Bonchev–Trinajstić information content (AvgIpc) is 3.42. The van der Waals surface area contributed by atoms with Gasteiger partial charge >= 0.3 is 17.8 Å². The van der Waals surface area contributed by atoms with Crippen LogP contribution >= 0.6 is 0 Å². The number of carbonyl (C=O) groups excluding carboxylic acids is 3. The van der Waals surface area contributed by atoms with E-state index in [0.29, 0.717) is 6.61 Å². The number of likely N-dealkylation sites (tertiary alicyclic amines) is 1. The molecular formula is C21H27N3O4. The van der Waals surface area contributed by atoms with Crippen LogP contribution in [0.1, 0.15) is 57.1 Å². The summed E-state index contributed by atoms with van der Waals surface area (Å²) in [6.45, 7) is 3.55. The predicted molar refractivity (Wildman–Crippen MR) is 103 cm³/mol. The molecule has 4 rings (SSSR count). The van der Waals surface area contributed by atoms with Crippen molar-refractivity contribution in [3.05, 3.63) is 29.8 Å². The normalized spacial score (nSPS) is 24.0. The molecule has 0 unspecified atom stereocenters. The fourth-order valence-electron chi connectivity index (χ4n) is 4.64. The first-order valence-corrected chi connectivity index (χ1v) is 10.3. The summed E-state index contributed by atoms with van der Waals surface area (Å²) >= 11 is 0. The lowest BCUT2D eigenvalue weighted by Crippen LogP contribution is -2.43. The Balaban J connectivity index is 1.47. The highest BCUT2D eigenvalue weighted by molar-refractivity contribution is 6.44. The van der Waals surface area contributed by atoms with Crippen molar-refractivity contribution < 1.29 is 19.1 Å². The summed E-state index contributed by atoms with van der Waals surface area (Å²) in [6, 6.07) is 7.55. The lowest BCUT2D eigenvalue weighted by atomic mass is 10.0. The molecule has 0 radical (unpaired) electrons. The molecule has 150 valence electrons.